The zero-order chi connectivity index (χ0) is 43.4. The molecule has 0 saturated heterocycles. The number of rotatable bonds is 14. The molecule has 1 aliphatic carbocycles. The molecule has 62 heavy (non-hydrogen) atoms. The van der Waals surface area contributed by atoms with Crippen molar-refractivity contribution in [2.45, 2.75) is 56.2 Å². The van der Waals surface area contributed by atoms with Gasteiger partial charge in [-0.05, 0) is 87.4 Å². The molecule has 0 fully saturated rings. The SMILES string of the molecule is CCN(CC)S(=O)(=O)c1ccccc1-c1c2cc/c(=[N+](/CSc3ccccc3)c3c(C)cccc3C)cc-2oc2cc(N(CSc3ccccc3)c3c(C)cccc3C)ccc12. The zero-order valence-corrected chi connectivity index (χ0v) is 38.6. The molecule has 0 unspecified atom stereocenters. The van der Waals surface area contributed by atoms with Crippen molar-refractivity contribution in [3.63, 3.8) is 0 Å². The van der Waals surface area contributed by atoms with Crippen LogP contribution in [0, 0.1) is 27.7 Å². The molecule has 0 radical (unpaired) electrons. The molecule has 6 aromatic carbocycles. The van der Waals surface area contributed by atoms with Gasteiger partial charge in [-0.1, -0.05) is 117 Å². The second-order valence-corrected chi connectivity index (χ2v) is 19.4. The molecule has 1 heterocycles. The highest BCUT2D eigenvalue weighted by Crippen LogP contribution is 2.45. The van der Waals surface area contributed by atoms with Gasteiger partial charge in [0.25, 0.3) is 0 Å². The summed E-state index contributed by atoms with van der Waals surface area (Å²) >= 11 is 3.56. The van der Waals surface area contributed by atoms with E-state index in [0.717, 1.165) is 38.9 Å². The molecule has 0 aromatic heterocycles. The van der Waals surface area contributed by atoms with E-state index in [-0.39, 0.29) is 4.90 Å². The molecule has 2 aliphatic rings. The van der Waals surface area contributed by atoms with Crippen molar-refractivity contribution in [1.82, 2.24) is 8.88 Å². The van der Waals surface area contributed by atoms with Crippen molar-refractivity contribution in [2.24, 2.45) is 0 Å². The molecular weight excluding hydrogens is 823 g/mol. The molecular formula is C53H52N3O3S3+. The van der Waals surface area contributed by atoms with E-state index in [4.69, 9.17) is 4.42 Å². The summed E-state index contributed by atoms with van der Waals surface area (Å²) < 4.78 is 39.9. The van der Waals surface area contributed by atoms with Gasteiger partial charge in [0.1, 0.15) is 11.3 Å². The summed E-state index contributed by atoms with van der Waals surface area (Å²) in [5.74, 6) is 2.00. The van der Waals surface area contributed by atoms with Gasteiger partial charge in [-0.3, -0.25) is 0 Å². The number of benzene rings is 7. The van der Waals surface area contributed by atoms with Crippen molar-refractivity contribution in [2.75, 3.05) is 29.7 Å². The maximum atomic E-state index is 14.5. The summed E-state index contributed by atoms with van der Waals surface area (Å²) in [6.07, 6.45) is 0. The third-order valence-electron chi connectivity index (χ3n) is 11.4. The molecule has 0 amide bonds. The van der Waals surface area contributed by atoms with Gasteiger partial charge < -0.3 is 9.32 Å². The van der Waals surface area contributed by atoms with Gasteiger partial charge in [-0.2, -0.15) is 8.88 Å². The summed E-state index contributed by atoms with van der Waals surface area (Å²) in [5.41, 5.74) is 10.9. The number of anilines is 2. The van der Waals surface area contributed by atoms with E-state index < -0.39 is 10.0 Å². The van der Waals surface area contributed by atoms with Crippen LogP contribution in [0.25, 0.3) is 33.4 Å². The van der Waals surface area contributed by atoms with Crippen LogP contribution in [0.4, 0.5) is 17.1 Å². The van der Waals surface area contributed by atoms with Crippen LogP contribution >= 0.6 is 23.5 Å². The number of nitrogens with zero attached hydrogens (tertiary/aromatic N) is 3. The number of aryl methyl sites for hydroxylation is 4. The number of para-hydroxylation sites is 2. The Labute approximate surface area is 375 Å². The average molecular weight is 875 g/mol. The van der Waals surface area contributed by atoms with Crippen LogP contribution in [0.2, 0.25) is 0 Å². The van der Waals surface area contributed by atoms with E-state index in [1.807, 2.05) is 44.2 Å². The largest absolute Gasteiger partial charge is 0.456 e. The van der Waals surface area contributed by atoms with Crippen LogP contribution in [0.1, 0.15) is 36.1 Å². The fourth-order valence-electron chi connectivity index (χ4n) is 8.41. The molecule has 6 nitrogen and oxygen atoms in total. The van der Waals surface area contributed by atoms with Crippen LogP contribution in [-0.2, 0) is 10.0 Å². The maximum absolute atomic E-state index is 14.5. The molecule has 314 valence electrons. The summed E-state index contributed by atoms with van der Waals surface area (Å²) in [6.45, 7) is 13.1. The van der Waals surface area contributed by atoms with Gasteiger partial charge in [-0.15, -0.1) is 11.8 Å². The number of sulfonamides is 1. The molecule has 1 aliphatic heterocycles. The Morgan fingerprint density at radius 3 is 1.84 bits per heavy atom. The Morgan fingerprint density at radius 2 is 1.19 bits per heavy atom. The van der Waals surface area contributed by atoms with Crippen molar-refractivity contribution < 1.29 is 12.8 Å². The minimum atomic E-state index is -3.84. The first-order chi connectivity index (χ1) is 30.1. The molecule has 8 rings (SSSR count). The first-order valence-corrected chi connectivity index (χ1v) is 24.5. The van der Waals surface area contributed by atoms with Crippen molar-refractivity contribution in [1.29, 1.82) is 0 Å². The Morgan fingerprint density at radius 1 is 0.597 bits per heavy atom. The molecule has 0 spiro atoms. The van der Waals surface area contributed by atoms with Gasteiger partial charge in [0.2, 0.25) is 21.1 Å². The molecule has 0 bridgehead atoms. The van der Waals surface area contributed by atoms with E-state index in [2.05, 4.69) is 158 Å². The average Bonchev–Trinajstić information content (AvgIpc) is 3.28. The molecule has 0 atom stereocenters. The number of hydrogen-bond acceptors (Lipinski definition) is 6. The smallest absolute Gasteiger partial charge is 0.243 e. The third kappa shape index (κ3) is 8.72. The zero-order valence-electron chi connectivity index (χ0n) is 36.1. The van der Waals surface area contributed by atoms with Gasteiger partial charge in [0, 0.05) is 79.6 Å². The second-order valence-electron chi connectivity index (χ2n) is 15.4. The van der Waals surface area contributed by atoms with Gasteiger partial charge in [-0.25, -0.2) is 8.42 Å². The molecule has 6 aromatic rings. The van der Waals surface area contributed by atoms with Gasteiger partial charge in [0.15, 0.2) is 5.88 Å². The fraction of sp³-hybridized carbons (Fsp3) is 0.189. The monoisotopic (exact) mass is 874 g/mol. The first-order valence-electron chi connectivity index (χ1n) is 21.1. The van der Waals surface area contributed by atoms with E-state index >= 15 is 0 Å². The lowest BCUT2D eigenvalue weighted by Crippen LogP contribution is -2.31. The Balaban J connectivity index is 1.41. The Kier molecular flexibility index (Phi) is 13.1. The lowest BCUT2D eigenvalue weighted by atomic mass is 9.93. The number of thioether (sulfide) groups is 2. The number of fused-ring (bicyclic) bond motifs is 2. The van der Waals surface area contributed by atoms with E-state index in [1.54, 1.807) is 29.6 Å². The Hall–Kier alpha value is -5.58. The highest BCUT2D eigenvalue weighted by Gasteiger charge is 2.29. The summed E-state index contributed by atoms with van der Waals surface area (Å²) in [5, 5.41) is 1.81. The van der Waals surface area contributed by atoms with Crippen molar-refractivity contribution in [3.05, 3.63) is 185 Å². The molecule has 0 N–H and O–H groups in total. The summed E-state index contributed by atoms with van der Waals surface area (Å²) in [6, 6.07) is 53.9. The maximum Gasteiger partial charge on any atom is 0.243 e. The van der Waals surface area contributed by atoms with Crippen LogP contribution in [0.3, 0.4) is 0 Å². The number of hydrogen-bond donors (Lipinski definition) is 0. The predicted octanol–water partition coefficient (Wildman–Crippen LogP) is 13.2. The summed E-state index contributed by atoms with van der Waals surface area (Å²) in [7, 11) is -3.84. The Bertz CT molecular complexity index is 2980. The van der Waals surface area contributed by atoms with Crippen LogP contribution < -0.4 is 14.8 Å². The fourth-order valence-corrected chi connectivity index (χ4v) is 11.9. The highest BCUT2D eigenvalue weighted by atomic mass is 32.2. The molecule has 9 heteroatoms. The topological polar surface area (TPSA) is 56.8 Å². The lowest BCUT2D eigenvalue weighted by molar-refractivity contribution is 0.445. The van der Waals surface area contributed by atoms with Crippen LogP contribution in [0.5, 0.6) is 0 Å². The highest BCUT2D eigenvalue weighted by molar-refractivity contribution is 7.99. The third-order valence-corrected chi connectivity index (χ3v) is 15.5. The van der Waals surface area contributed by atoms with E-state index in [9.17, 15) is 8.42 Å². The second kappa shape index (κ2) is 18.8. The van der Waals surface area contributed by atoms with E-state index in [1.165, 1.54) is 36.3 Å². The van der Waals surface area contributed by atoms with Crippen molar-refractivity contribution in [3.8, 4) is 22.5 Å². The van der Waals surface area contributed by atoms with Crippen LogP contribution in [-0.4, -0.2) is 37.6 Å². The molecule has 0 saturated carbocycles. The van der Waals surface area contributed by atoms with Gasteiger partial charge >= 0.3 is 0 Å². The standard InChI is InChI=1S/C53H52N3O3S3/c1-7-54(8-2)62(57,58)50-28-16-15-27-47(50)51-45-31-29-41(55(35-60-43-23-11-9-12-24-43)52-37(3)19-17-20-38(52)4)33-48(45)59-49-34-42(30-32-46(49)51)56(36-61-44-25-13-10-14-26-44)53-39(5)21-18-22-40(53)6/h9-34H,7-8,35-36H2,1-6H3/q+1. The quantitative estimate of drug-likeness (QED) is 0.0469. The minimum Gasteiger partial charge on any atom is -0.456 e. The minimum absolute atomic E-state index is 0.276. The van der Waals surface area contributed by atoms with Crippen LogP contribution in [0.15, 0.2) is 177 Å². The summed E-state index contributed by atoms with van der Waals surface area (Å²) in [4.78, 5) is 5.00. The first kappa shape index (κ1) is 43.1. The predicted molar refractivity (Wildman–Crippen MR) is 262 cm³/mol. The normalized spacial score (nSPS) is 12.3. The van der Waals surface area contributed by atoms with E-state index in [0.29, 0.717) is 41.7 Å². The van der Waals surface area contributed by atoms with Crippen molar-refractivity contribution >= 4 is 61.6 Å². The van der Waals surface area contributed by atoms with Gasteiger partial charge in [0.05, 0.1) is 16.8 Å². The lowest BCUT2D eigenvalue weighted by Gasteiger charge is -2.28.